The SMILES string of the molecule is c1ccc(-c2ccccc2-c2cc(-c3cccc4c3oc3ccccc34)nc(-c3ccc4c(c3)C3(c5ccccc5-c5ccccc53)c3ccccc3-4)n2)cc1. The molecule has 0 bridgehead atoms. The monoisotopic (exact) mass is 712 g/mol. The number of fused-ring (bicyclic) bond motifs is 13. The Hall–Kier alpha value is -7.36. The number of aromatic nitrogens is 2. The summed E-state index contributed by atoms with van der Waals surface area (Å²) in [5.41, 5.74) is 18.4. The lowest BCUT2D eigenvalue weighted by Gasteiger charge is -2.30. The summed E-state index contributed by atoms with van der Waals surface area (Å²) in [6.45, 7) is 0. The third kappa shape index (κ3) is 4.28. The third-order valence-electron chi connectivity index (χ3n) is 11.9. The van der Waals surface area contributed by atoms with Gasteiger partial charge in [-0.25, -0.2) is 9.97 Å². The van der Waals surface area contributed by atoms with Crippen LogP contribution in [0.3, 0.4) is 0 Å². The molecule has 2 aliphatic carbocycles. The van der Waals surface area contributed by atoms with Crippen molar-refractivity contribution in [3.8, 4) is 67.3 Å². The van der Waals surface area contributed by atoms with Crippen molar-refractivity contribution >= 4 is 21.9 Å². The van der Waals surface area contributed by atoms with E-state index in [2.05, 4.69) is 182 Å². The van der Waals surface area contributed by atoms with Crippen molar-refractivity contribution in [3.05, 3.63) is 216 Å². The molecule has 1 spiro atoms. The van der Waals surface area contributed by atoms with Crippen molar-refractivity contribution in [1.29, 1.82) is 0 Å². The minimum atomic E-state index is -0.463. The van der Waals surface area contributed by atoms with Crippen LogP contribution >= 0.6 is 0 Å². The Morgan fingerprint density at radius 1 is 0.339 bits per heavy atom. The van der Waals surface area contributed by atoms with Crippen molar-refractivity contribution < 1.29 is 4.42 Å². The Kier molecular flexibility index (Phi) is 6.55. The number of furan rings is 1. The van der Waals surface area contributed by atoms with Crippen LogP contribution in [-0.4, -0.2) is 9.97 Å². The van der Waals surface area contributed by atoms with E-state index in [0.29, 0.717) is 5.82 Å². The topological polar surface area (TPSA) is 38.9 Å². The van der Waals surface area contributed by atoms with E-state index in [1.54, 1.807) is 0 Å². The minimum absolute atomic E-state index is 0.463. The van der Waals surface area contributed by atoms with Gasteiger partial charge in [-0.2, -0.15) is 0 Å². The Balaban J connectivity index is 1.13. The Labute approximate surface area is 324 Å². The van der Waals surface area contributed by atoms with Crippen LogP contribution in [0.15, 0.2) is 199 Å². The van der Waals surface area contributed by atoms with Crippen molar-refractivity contribution in [2.45, 2.75) is 5.41 Å². The van der Waals surface area contributed by atoms with Gasteiger partial charge in [0.15, 0.2) is 5.82 Å². The van der Waals surface area contributed by atoms with E-state index >= 15 is 0 Å². The molecule has 56 heavy (non-hydrogen) atoms. The molecule has 8 aromatic carbocycles. The maximum Gasteiger partial charge on any atom is 0.160 e. The summed E-state index contributed by atoms with van der Waals surface area (Å²) in [5.74, 6) is 0.668. The first-order chi connectivity index (χ1) is 27.8. The van der Waals surface area contributed by atoms with E-state index < -0.39 is 5.41 Å². The minimum Gasteiger partial charge on any atom is -0.455 e. The van der Waals surface area contributed by atoms with Gasteiger partial charge in [0.05, 0.1) is 16.8 Å². The molecule has 0 radical (unpaired) electrons. The quantitative estimate of drug-likeness (QED) is 0.182. The molecule has 2 aliphatic rings. The van der Waals surface area contributed by atoms with Gasteiger partial charge < -0.3 is 4.42 Å². The number of para-hydroxylation sites is 2. The smallest absolute Gasteiger partial charge is 0.160 e. The normalized spacial score (nSPS) is 13.1. The zero-order chi connectivity index (χ0) is 36.8. The fourth-order valence-corrected chi connectivity index (χ4v) is 9.61. The van der Waals surface area contributed by atoms with E-state index in [-0.39, 0.29) is 0 Å². The highest BCUT2D eigenvalue weighted by atomic mass is 16.3. The third-order valence-corrected chi connectivity index (χ3v) is 11.9. The Bertz CT molecular complexity index is 3150. The second kappa shape index (κ2) is 11.8. The van der Waals surface area contributed by atoms with E-state index in [1.165, 1.54) is 44.5 Å². The van der Waals surface area contributed by atoms with Gasteiger partial charge >= 0.3 is 0 Å². The van der Waals surface area contributed by atoms with Crippen molar-refractivity contribution in [3.63, 3.8) is 0 Å². The molecule has 260 valence electrons. The molecule has 0 saturated heterocycles. The van der Waals surface area contributed by atoms with Gasteiger partial charge in [0.2, 0.25) is 0 Å². The molecule has 3 heteroatoms. The average molecular weight is 713 g/mol. The molecular weight excluding hydrogens is 681 g/mol. The summed E-state index contributed by atoms with van der Waals surface area (Å²) in [5, 5.41) is 2.16. The highest BCUT2D eigenvalue weighted by molar-refractivity contribution is 6.09. The summed E-state index contributed by atoms with van der Waals surface area (Å²) in [7, 11) is 0. The molecule has 0 amide bonds. The number of benzene rings is 8. The second-order valence-corrected chi connectivity index (χ2v) is 14.8. The van der Waals surface area contributed by atoms with Gasteiger partial charge in [0.25, 0.3) is 0 Å². The Morgan fingerprint density at radius 3 is 1.55 bits per heavy atom. The van der Waals surface area contributed by atoms with Gasteiger partial charge in [-0.15, -0.1) is 0 Å². The molecule has 2 heterocycles. The van der Waals surface area contributed by atoms with Gasteiger partial charge in [-0.3, -0.25) is 0 Å². The molecule has 12 rings (SSSR count). The highest BCUT2D eigenvalue weighted by Crippen LogP contribution is 2.63. The molecule has 0 N–H and O–H groups in total. The summed E-state index contributed by atoms with van der Waals surface area (Å²) >= 11 is 0. The molecule has 2 aromatic heterocycles. The van der Waals surface area contributed by atoms with E-state index in [1.807, 2.05) is 12.1 Å². The van der Waals surface area contributed by atoms with Crippen LogP contribution in [0.25, 0.3) is 89.2 Å². The number of hydrogen-bond donors (Lipinski definition) is 0. The van der Waals surface area contributed by atoms with Gasteiger partial charge in [-0.05, 0) is 79.9 Å². The van der Waals surface area contributed by atoms with Gasteiger partial charge in [0, 0.05) is 27.5 Å². The number of nitrogens with zero attached hydrogens (tertiary/aromatic N) is 2. The molecule has 0 saturated carbocycles. The zero-order valence-corrected chi connectivity index (χ0v) is 30.3. The van der Waals surface area contributed by atoms with Crippen LogP contribution in [0.5, 0.6) is 0 Å². The van der Waals surface area contributed by atoms with Crippen LogP contribution in [0.2, 0.25) is 0 Å². The van der Waals surface area contributed by atoms with Crippen LogP contribution < -0.4 is 0 Å². The molecular formula is C53H32N2O. The van der Waals surface area contributed by atoms with Crippen molar-refractivity contribution in [2.24, 2.45) is 0 Å². The first-order valence-electron chi connectivity index (χ1n) is 19.2. The first-order valence-corrected chi connectivity index (χ1v) is 19.2. The number of rotatable bonds is 4. The lowest BCUT2D eigenvalue weighted by molar-refractivity contribution is 0.670. The lowest BCUT2D eigenvalue weighted by atomic mass is 9.70. The predicted octanol–water partition coefficient (Wildman–Crippen LogP) is 13.4. The van der Waals surface area contributed by atoms with Crippen LogP contribution in [0.1, 0.15) is 22.3 Å². The standard InChI is InChI=1S/C53H32N2O/c1-2-15-33(16-3-1)35-17-4-5-21-40(35)48-32-49(43-24-14-23-42-41-22-9-13-28-50(41)56-51(42)43)55-52(54-48)34-29-30-39-38-20-8-12-27-46(38)53(47(39)31-34)44-25-10-6-18-36(44)37-19-7-11-26-45(37)53/h1-32H. The van der Waals surface area contributed by atoms with Crippen LogP contribution in [-0.2, 0) is 5.41 Å². The first kappa shape index (κ1) is 31.0. The van der Waals surface area contributed by atoms with Crippen molar-refractivity contribution in [1.82, 2.24) is 9.97 Å². The molecule has 0 fully saturated rings. The van der Waals surface area contributed by atoms with Crippen LogP contribution in [0, 0.1) is 0 Å². The Morgan fingerprint density at radius 2 is 0.857 bits per heavy atom. The molecule has 0 aliphatic heterocycles. The summed E-state index contributed by atoms with van der Waals surface area (Å²) < 4.78 is 6.59. The zero-order valence-electron chi connectivity index (χ0n) is 30.3. The fourth-order valence-electron chi connectivity index (χ4n) is 9.61. The maximum absolute atomic E-state index is 6.59. The molecule has 10 aromatic rings. The lowest BCUT2D eigenvalue weighted by Crippen LogP contribution is -2.25. The largest absolute Gasteiger partial charge is 0.455 e. The van der Waals surface area contributed by atoms with E-state index in [0.717, 1.165) is 61.1 Å². The maximum atomic E-state index is 6.59. The van der Waals surface area contributed by atoms with E-state index in [4.69, 9.17) is 14.4 Å². The summed E-state index contributed by atoms with van der Waals surface area (Å²) in [4.78, 5) is 10.9. The van der Waals surface area contributed by atoms with Crippen molar-refractivity contribution in [2.75, 3.05) is 0 Å². The number of hydrogen-bond acceptors (Lipinski definition) is 3. The molecule has 0 atom stereocenters. The van der Waals surface area contributed by atoms with E-state index in [9.17, 15) is 0 Å². The summed E-state index contributed by atoms with van der Waals surface area (Å²) in [6.07, 6.45) is 0. The average Bonchev–Trinajstić information content (AvgIpc) is 3.91. The molecule has 3 nitrogen and oxygen atoms in total. The summed E-state index contributed by atoms with van der Waals surface area (Å²) in [6, 6.07) is 69.4. The fraction of sp³-hybridized carbons (Fsp3) is 0.0189. The highest BCUT2D eigenvalue weighted by Gasteiger charge is 2.51. The molecule has 0 unspecified atom stereocenters. The van der Waals surface area contributed by atoms with Crippen LogP contribution in [0.4, 0.5) is 0 Å². The predicted molar refractivity (Wildman–Crippen MR) is 227 cm³/mol. The van der Waals surface area contributed by atoms with Gasteiger partial charge in [0.1, 0.15) is 11.2 Å². The second-order valence-electron chi connectivity index (χ2n) is 14.8. The van der Waals surface area contributed by atoms with Gasteiger partial charge in [-0.1, -0.05) is 170 Å².